The Kier molecular flexibility index (Phi) is 4.41. The highest BCUT2D eigenvalue weighted by molar-refractivity contribution is 6.31. The van der Waals surface area contributed by atoms with Crippen molar-refractivity contribution in [3.05, 3.63) is 34.6 Å². The lowest BCUT2D eigenvalue weighted by Crippen LogP contribution is -2.27. The van der Waals surface area contributed by atoms with E-state index in [1.807, 2.05) is 0 Å². The Bertz CT molecular complexity index is 374. The third-order valence-electron chi connectivity index (χ3n) is 3.59. The molecule has 0 saturated heterocycles. The van der Waals surface area contributed by atoms with Crippen molar-refractivity contribution in [3.8, 4) is 0 Å². The molecule has 1 aromatic carbocycles. The van der Waals surface area contributed by atoms with Gasteiger partial charge in [-0.25, -0.2) is 4.39 Å². The first-order valence-electron chi connectivity index (χ1n) is 6.40. The number of hydrogen-bond acceptors (Lipinski definition) is 1. The number of benzene rings is 1. The predicted octanol–water partition coefficient (Wildman–Crippen LogP) is 4.32. The third kappa shape index (κ3) is 2.99. The molecule has 3 heteroatoms. The van der Waals surface area contributed by atoms with E-state index in [0.717, 1.165) is 12.1 Å². The lowest BCUT2D eigenvalue weighted by molar-refractivity contribution is 0.373. The fourth-order valence-corrected chi connectivity index (χ4v) is 3.03. The Morgan fingerprint density at radius 1 is 1.41 bits per heavy atom. The van der Waals surface area contributed by atoms with Crippen LogP contribution in [-0.2, 0) is 0 Å². The van der Waals surface area contributed by atoms with Crippen molar-refractivity contribution in [2.24, 2.45) is 5.92 Å². The SMILES string of the molecule is CCNC(c1cc(F)ccc1Cl)C1CCCC1. The topological polar surface area (TPSA) is 12.0 Å². The molecule has 1 aliphatic rings. The highest BCUT2D eigenvalue weighted by Gasteiger charge is 2.27. The maximum absolute atomic E-state index is 13.3. The van der Waals surface area contributed by atoms with E-state index in [1.54, 1.807) is 12.1 Å². The highest BCUT2D eigenvalue weighted by Crippen LogP contribution is 2.38. The molecule has 0 aliphatic heterocycles. The molecular formula is C14H19ClFN. The van der Waals surface area contributed by atoms with Gasteiger partial charge in [0.25, 0.3) is 0 Å². The van der Waals surface area contributed by atoms with Gasteiger partial charge < -0.3 is 5.32 Å². The molecule has 1 atom stereocenters. The van der Waals surface area contributed by atoms with Crippen LogP contribution in [0.3, 0.4) is 0 Å². The average molecular weight is 256 g/mol. The van der Waals surface area contributed by atoms with Crippen LogP contribution < -0.4 is 5.32 Å². The first kappa shape index (κ1) is 12.8. The van der Waals surface area contributed by atoms with Crippen LogP contribution in [0.2, 0.25) is 5.02 Å². The zero-order valence-corrected chi connectivity index (χ0v) is 10.9. The zero-order chi connectivity index (χ0) is 12.3. The number of nitrogens with one attached hydrogen (secondary N) is 1. The van der Waals surface area contributed by atoms with Crippen molar-refractivity contribution in [1.29, 1.82) is 0 Å². The van der Waals surface area contributed by atoms with E-state index in [4.69, 9.17) is 11.6 Å². The molecule has 0 aromatic heterocycles. The summed E-state index contributed by atoms with van der Waals surface area (Å²) in [7, 11) is 0. The first-order chi connectivity index (χ1) is 8.22. The summed E-state index contributed by atoms with van der Waals surface area (Å²) in [5.74, 6) is 0.388. The standard InChI is InChI=1S/C14H19ClFN/c1-2-17-14(10-5-3-4-6-10)12-9-11(16)7-8-13(12)15/h7-10,14,17H,2-6H2,1H3. The lowest BCUT2D eigenvalue weighted by atomic mass is 9.91. The fraction of sp³-hybridized carbons (Fsp3) is 0.571. The molecule has 2 rings (SSSR count). The van der Waals surface area contributed by atoms with Crippen molar-refractivity contribution >= 4 is 11.6 Å². The molecule has 0 radical (unpaired) electrons. The van der Waals surface area contributed by atoms with E-state index < -0.39 is 0 Å². The molecule has 1 N–H and O–H groups in total. The number of rotatable bonds is 4. The summed E-state index contributed by atoms with van der Waals surface area (Å²) in [5.41, 5.74) is 0.917. The molecule has 94 valence electrons. The van der Waals surface area contributed by atoms with Gasteiger partial charge in [-0.15, -0.1) is 0 Å². The van der Waals surface area contributed by atoms with Crippen LogP contribution in [0.15, 0.2) is 18.2 Å². The van der Waals surface area contributed by atoms with Gasteiger partial charge in [0.1, 0.15) is 5.82 Å². The second-order valence-corrected chi connectivity index (χ2v) is 5.15. The molecule has 1 nitrogen and oxygen atoms in total. The van der Waals surface area contributed by atoms with Gasteiger partial charge in [0, 0.05) is 11.1 Å². The predicted molar refractivity (Wildman–Crippen MR) is 69.8 cm³/mol. The van der Waals surface area contributed by atoms with Crippen molar-refractivity contribution in [2.45, 2.75) is 38.6 Å². The van der Waals surface area contributed by atoms with Gasteiger partial charge in [-0.05, 0) is 49.1 Å². The first-order valence-corrected chi connectivity index (χ1v) is 6.78. The van der Waals surface area contributed by atoms with Gasteiger partial charge in [0.2, 0.25) is 0 Å². The summed E-state index contributed by atoms with van der Waals surface area (Å²) in [6.07, 6.45) is 4.98. The van der Waals surface area contributed by atoms with Crippen molar-refractivity contribution < 1.29 is 4.39 Å². The molecule has 0 bridgehead atoms. The zero-order valence-electron chi connectivity index (χ0n) is 10.2. The molecule has 0 heterocycles. The quantitative estimate of drug-likeness (QED) is 0.845. The molecule has 1 fully saturated rings. The van der Waals surface area contributed by atoms with Gasteiger partial charge in [0.15, 0.2) is 0 Å². The minimum Gasteiger partial charge on any atom is -0.310 e. The van der Waals surface area contributed by atoms with Crippen molar-refractivity contribution in [3.63, 3.8) is 0 Å². The van der Waals surface area contributed by atoms with E-state index in [2.05, 4.69) is 12.2 Å². The van der Waals surface area contributed by atoms with Crippen LogP contribution in [0.4, 0.5) is 4.39 Å². The maximum Gasteiger partial charge on any atom is 0.123 e. The Labute approximate surface area is 107 Å². The number of halogens is 2. The van der Waals surface area contributed by atoms with E-state index in [1.165, 1.54) is 31.7 Å². The highest BCUT2D eigenvalue weighted by atomic mass is 35.5. The van der Waals surface area contributed by atoms with Gasteiger partial charge in [-0.1, -0.05) is 31.4 Å². The maximum atomic E-state index is 13.3. The van der Waals surface area contributed by atoms with E-state index in [9.17, 15) is 4.39 Å². The summed E-state index contributed by atoms with van der Waals surface area (Å²) in [4.78, 5) is 0. The largest absolute Gasteiger partial charge is 0.310 e. The molecule has 0 amide bonds. The van der Waals surface area contributed by atoms with Crippen LogP contribution in [0.25, 0.3) is 0 Å². The Morgan fingerprint density at radius 2 is 2.12 bits per heavy atom. The smallest absolute Gasteiger partial charge is 0.123 e. The summed E-state index contributed by atoms with van der Waals surface area (Å²) in [6.45, 7) is 2.96. The van der Waals surface area contributed by atoms with Crippen LogP contribution in [0, 0.1) is 11.7 Å². The Balaban J connectivity index is 2.27. The average Bonchev–Trinajstić information content (AvgIpc) is 2.83. The minimum absolute atomic E-state index is 0.200. The van der Waals surface area contributed by atoms with Crippen LogP contribution in [-0.4, -0.2) is 6.54 Å². The Morgan fingerprint density at radius 3 is 2.76 bits per heavy atom. The monoisotopic (exact) mass is 255 g/mol. The normalized spacial score (nSPS) is 18.5. The second kappa shape index (κ2) is 5.83. The fourth-order valence-electron chi connectivity index (χ4n) is 2.79. The minimum atomic E-state index is -0.203. The van der Waals surface area contributed by atoms with Gasteiger partial charge in [0.05, 0.1) is 0 Å². The van der Waals surface area contributed by atoms with Crippen LogP contribution in [0.1, 0.15) is 44.2 Å². The molecule has 1 aliphatic carbocycles. The van der Waals surface area contributed by atoms with Crippen LogP contribution in [0.5, 0.6) is 0 Å². The summed E-state index contributed by atoms with van der Waals surface area (Å²) in [6, 6.07) is 4.86. The molecule has 0 spiro atoms. The van der Waals surface area contributed by atoms with Crippen molar-refractivity contribution in [2.75, 3.05) is 6.54 Å². The van der Waals surface area contributed by atoms with Gasteiger partial charge in [-0.2, -0.15) is 0 Å². The third-order valence-corrected chi connectivity index (χ3v) is 3.93. The summed E-state index contributed by atoms with van der Waals surface area (Å²) in [5, 5.41) is 4.13. The van der Waals surface area contributed by atoms with E-state index in [-0.39, 0.29) is 11.9 Å². The lowest BCUT2D eigenvalue weighted by Gasteiger charge is -2.25. The number of hydrogen-bond donors (Lipinski definition) is 1. The van der Waals surface area contributed by atoms with Crippen LogP contribution >= 0.6 is 11.6 Å². The molecule has 17 heavy (non-hydrogen) atoms. The molecule has 1 saturated carbocycles. The second-order valence-electron chi connectivity index (χ2n) is 4.75. The summed E-state index contributed by atoms with van der Waals surface area (Å²) >= 11 is 6.20. The summed E-state index contributed by atoms with van der Waals surface area (Å²) < 4.78 is 13.3. The van der Waals surface area contributed by atoms with Gasteiger partial charge in [-0.3, -0.25) is 0 Å². The van der Waals surface area contributed by atoms with Crippen molar-refractivity contribution in [1.82, 2.24) is 5.32 Å². The molecule has 1 unspecified atom stereocenters. The molecule has 1 aromatic rings. The van der Waals surface area contributed by atoms with E-state index >= 15 is 0 Å². The van der Waals surface area contributed by atoms with Gasteiger partial charge >= 0.3 is 0 Å². The Hall–Kier alpha value is -0.600. The van der Waals surface area contributed by atoms with E-state index in [0.29, 0.717) is 10.9 Å². The molecular weight excluding hydrogens is 237 g/mol.